The van der Waals surface area contributed by atoms with Crippen molar-refractivity contribution in [2.24, 2.45) is 0 Å². The highest BCUT2D eigenvalue weighted by atomic mass is 32.1. The molecule has 2 aromatic carbocycles. The molecule has 30 heavy (non-hydrogen) atoms. The van der Waals surface area contributed by atoms with Gasteiger partial charge in [-0.2, -0.15) is 0 Å². The number of carbonyl (C=O) groups excluding carboxylic acids is 2. The van der Waals surface area contributed by atoms with Gasteiger partial charge < -0.3 is 15.0 Å². The van der Waals surface area contributed by atoms with Gasteiger partial charge in [0.1, 0.15) is 5.75 Å². The summed E-state index contributed by atoms with van der Waals surface area (Å²) >= 11 is 1.76. The van der Waals surface area contributed by atoms with Crippen LogP contribution in [0.4, 0.5) is 5.69 Å². The number of anilines is 1. The van der Waals surface area contributed by atoms with E-state index in [1.165, 1.54) is 10.4 Å². The smallest absolute Gasteiger partial charge is 0.255 e. The fourth-order valence-electron chi connectivity index (χ4n) is 3.66. The average molecular weight is 421 g/mol. The number of carbonyl (C=O) groups is 2. The molecule has 1 aliphatic heterocycles. The molecule has 0 spiro atoms. The fourth-order valence-corrected chi connectivity index (χ4v) is 4.55. The van der Waals surface area contributed by atoms with E-state index in [-0.39, 0.29) is 11.8 Å². The Hall–Kier alpha value is -3.12. The third-order valence-electron chi connectivity index (χ3n) is 5.33. The van der Waals surface area contributed by atoms with E-state index in [0.717, 1.165) is 17.7 Å². The molecule has 1 aromatic heterocycles. The van der Waals surface area contributed by atoms with E-state index in [0.29, 0.717) is 36.5 Å². The summed E-state index contributed by atoms with van der Waals surface area (Å²) in [4.78, 5) is 29.1. The van der Waals surface area contributed by atoms with Crippen LogP contribution in [0.3, 0.4) is 0 Å². The molecular weight excluding hydrogens is 396 g/mol. The molecule has 6 heteroatoms. The lowest BCUT2D eigenvalue weighted by atomic mass is 10.0. The number of fused-ring (bicyclic) bond motifs is 1. The number of nitrogens with zero attached hydrogens (tertiary/aromatic N) is 1. The Kier molecular flexibility index (Phi) is 5.86. The highest BCUT2D eigenvalue weighted by molar-refractivity contribution is 7.10. The van der Waals surface area contributed by atoms with Crippen LogP contribution in [0.5, 0.6) is 5.75 Å². The van der Waals surface area contributed by atoms with Crippen LogP contribution < -0.4 is 10.1 Å². The lowest BCUT2D eigenvalue weighted by Gasteiger charge is -2.28. The van der Waals surface area contributed by atoms with Gasteiger partial charge in [-0.25, -0.2) is 0 Å². The zero-order valence-electron chi connectivity index (χ0n) is 17.1. The predicted octanol–water partition coefficient (Wildman–Crippen LogP) is 4.91. The molecule has 5 nitrogen and oxygen atoms in total. The van der Waals surface area contributed by atoms with Crippen LogP contribution in [0.1, 0.15) is 43.6 Å². The lowest BCUT2D eigenvalue weighted by molar-refractivity contribution is 0.0735. The van der Waals surface area contributed by atoms with E-state index in [1.807, 2.05) is 36.9 Å². The molecule has 0 saturated carbocycles. The number of amides is 2. The molecule has 0 bridgehead atoms. The predicted molar refractivity (Wildman–Crippen MR) is 120 cm³/mol. The first kappa shape index (κ1) is 20.2. The van der Waals surface area contributed by atoms with Crippen molar-refractivity contribution in [3.05, 3.63) is 81.0 Å². The highest BCUT2D eigenvalue weighted by Gasteiger charge is 2.24. The number of rotatable bonds is 5. The second kappa shape index (κ2) is 8.71. The van der Waals surface area contributed by atoms with Crippen LogP contribution in [-0.4, -0.2) is 29.9 Å². The summed E-state index contributed by atoms with van der Waals surface area (Å²) in [5.41, 5.74) is 3.82. The zero-order valence-corrected chi connectivity index (χ0v) is 17.9. The maximum atomic E-state index is 13.2. The van der Waals surface area contributed by atoms with E-state index in [9.17, 15) is 9.59 Å². The third kappa shape index (κ3) is 4.09. The van der Waals surface area contributed by atoms with Gasteiger partial charge in [0.15, 0.2) is 0 Å². The summed E-state index contributed by atoms with van der Waals surface area (Å²) < 4.78 is 5.42. The number of hydrogen-bond donors (Lipinski definition) is 1. The van der Waals surface area contributed by atoms with Crippen molar-refractivity contribution in [2.75, 3.05) is 18.5 Å². The molecular formula is C24H24N2O3S. The molecule has 2 amide bonds. The van der Waals surface area contributed by atoms with E-state index >= 15 is 0 Å². The van der Waals surface area contributed by atoms with Crippen molar-refractivity contribution in [1.82, 2.24) is 4.90 Å². The Balaban J connectivity index is 1.50. The summed E-state index contributed by atoms with van der Waals surface area (Å²) in [7, 11) is 0. The van der Waals surface area contributed by atoms with Gasteiger partial charge in [-0.15, -0.1) is 11.3 Å². The van der Waals surface area contributed by atoms with E-state index in [2.05, 4.69) is 16.8 Å². The average Bonchev–Trinajstić information content (AvgIpc) is 3.23. The van der Waals surface area contributed by atoms with Gasteiger partial charge in [-0.3, -0.25) is 9.59 Å². The first-order valence-corrected chi connectivity index (χ1v) is 10.9. The van der Waals surface area contributed by atoms with E-state index < -0.39 is 0 Å². The Morgan fingerprint density at radius 1 is 1.13 bits per heavy atom. The van der Waals surface area contributed by atoms with Crippen LogP contribution in [-0.2, 0) is 13.0 Å². The number of hydrogen-bond acceptors (Lipinski definition) is 4. The van der Waals surface area contributed by atoms with Crippen LogP contribution in [0.25, 0.3) is 0 Å². The monoisotopic (exact) mass is 420 g/mol. The zero-order chi connectivity index (χ0) is 21.1. The van der Waals surface area contributed by atoms with E-state index in [1.54, 1.807) is 35.6 Å². The number of ether oxygens (including phenoxy) is 1. The topological polar surface area (TPSA) is 58.6 Å². The molecule has 0 saturated heterocycles. The van der Waals surface area contributed by atoms with Crippen LogP contribution >= 0.6 is 11.3 Å². The van der Waals surface area contributed by atoms with Crippen LogP contribution in [0.2, 0.25) is 0 Å². The summed E-state index contributed by atoms with van der Waals surface area (Å²) in [5.74, 6) is 0.515. The van der Waals surface area contributed by atoms with Crippen LogP contribution in [0.15, 0.2) is 53.9 Å². The summed E-state index contributed by atoms with van der Waals surface area (Å²) in [6.45, 7) is 5.73. The highest BCUT2D eigenvalue weighted by Crippen LogP contribution is 2.27. The van der Waals surface area contributed by atoms with Gasteiger partial charge in [0.2, 0.25) is 0 Å². The Labute approximate surface area is 180 Å². The Morgan fingerprint density at radius 3 is 2.70 bits per heavy atom. The lowest BCUT2D eigenvalue weighted by Crippen LogP contribution is -2.35. The van der Waals surface area contributed by atoms with Gasteiger partial charge in [0, 0.05) is 34.8 Å². The number of thiophene rings is 1. The minimum absolute atomic E-state index is 0.00140. The number of benzene rings is 2. The fraction of sp³-hybridized carbons (Fsp3) is 0.250. The quantitative estimate of drug-likeness (QED) is 0.638. The van der Waals surface area contributed by atoms with Gasteiger partial charge in [0.05, 0.1) is 6.61 Å². The molecule has 0 fully saturated rings. The standard InChI is InChI=1S/C24H24N2O3S/c1-3-29-19-9-7-17(8-10-19)23(27)25-21-6-4-5-20(16(21)2)24(28)26-13-11-22-18(15-26)12-14-30-22/h4-10,12,14H,3,11,13,15H2,1-2H3,(H,25,27). The third-order valence-corrected chi connectivity index (χ3v) is 6.36. The first-order chi connectivity index (χ1) is 14.6. The van der Waals surface area contributed by atoms with Gasteiger partial charge in [-0.05, 0) is 79.2 Å². The summed E-state index contributed by atoms with van der Waals surface area (Å²) in [5, 5.41) is 5.02. The molecule has 0 unspecified atom stereocenters. The second-order valence-corrected chi connectivity index (χ2v) is 8.24. The van der Waals surface area contributed by atoms with Crippen molar-refractivity contribution >= 4 is 28.8 Å². The molecule has 4 rings (SSSR count). The minimum Gasteiger partial charge on any atom is -0.494 e. The van der Waals surface area contributed by atoms with Crippen molar-refractivity contribution in [1.29, 1.82) is 0 Å². The van der Waals surface area contributed by atoms with Crippen molar-refractivity contribution < 1.29 is 14.3 Å². The normalized spacial score (nSPS) is 12.9. The Bertz CT molecular complexity index is 1070. The van der Waals surface area contributed by atoms with Crippen LogP contribution in [0, 0.1) is 6.92 Å². The maximum Gasteiger partial charge on any atom is 0.255 e. The van der Waals surface area contributed by atoms with Gasteiger partial charge in [0.25, 0.3) is 11.8 Å². The largest absolute Gasteiger partial charge is 0.494 e. The van der Waals surface area contributed by atoms with Crippen molar-refractivity contribution in [3.63, 3.8) is 0 Å². The maximum absolute atomic E-state index is 13.2. The second-order valence-electron chi connectivity index (χ2n) is 7.24. The minimum atomic E-state index is -0.216. The summed E-state index contributed by atoms with van der Waals surface area (Å²) in [6.07, 6.45) is 0.895. The number of nitrogens with one attached hydrogen (secondary N) is 1. The Morgan fingerprint density at radius 2 is 1.93 bits per heavy atom. The molecule has 3 aromatic rings. The molecule has 1 N–H and O–H groups in total. The van der Waals surface area contributed by atoms with E-state index in [4.69, 9.17) is 4.74 Å². The molecule has 0 atom stereocenters. The SMILES string of the molecule is CCOc1ccc(C(=O)Nc2cccc(C(=O)N3CCc4sccc4C3)c2C)cc1. The first-order valence-electron chi connectivity index (χ1n) is 10.0. The van der Waals surface area contributed by atoms with Crippen molar-refractivity contribution in [2.45, 2.75) is 26.8 Å². The van der Waals surface area contributed by atoms with Gasteiger partial charge in [-0.1, -0.05) is 6.07 Å². The molecule has 1 aliphatic rings. The molecule has 0 radical (unpaired) electrons. The molecule has 0 aliphatic carbocycles. The summed E-state index contributed by atoms with van der Waals surface area (Å²) in [6, 6.07) is 14.6. The molecule has 154 valence electrons. The molecule has 2 heterocycles. The van der Waals surface area contributed by atoms with Gasteiger partial charge >= 0.3 is 0 Å². The van der Waals surface area contributed by atoms with Crippen molar-refractivity contribution in [3.8, 4) is 5.75 Å².